The Morgan fingerprint density at radius 3 is 2.43 bits per heavy atom. The summed E-state index contributed by atoms with van der Waals surface area (Å²) in [4.78, 5) is 12.0. The number of carbonyl (C=O) groups is 1. The zero-order valence-corrected chi connectivity index (χ0v) is 16.6. The smallest absolute Gasteiger partial charge is 0.243 e. The number of aromatic nitrogens is 2. The molecule has 28 heavy (non-hydrogen) atoms. The standard InChI is InChI=1S/C21H23N5OS/c1-25-11-12-26(16-25)15-18-9-7-17(8-10-18)13-22-20(27)14-23-21(28)24-19-5-3-2-4-6-19/h2-12,16H,13-15H2,1H3,(H2-,22,23,24,27,28)/p+1. The van der Waals surface area contributed by atoms with Crippen LogP contribution in [0.4, 0.5) is 5.69 Å². The van der Waals surface area contributed by atoms with Gasteiger partial charge >= 0.3 is 0 Å². The molecule has 1 heterocycles. The number of para-hydroxylation sites is 1. The normalized spacial score (nSPS) is 10.3. The van der Waals surface area contributed by atoms with Crippen LogP contribution < -0.4 is 20.5 Å². The van der Waals surface area contributed by atoms with E-state index in [1.807, 2.05) is 72.8 Å². The van der Waals surface area contributed by atoms with Crippen LogP contribution in [0.1, 0.15) is 11.1 Å². The highest BCUT2D eigenvalue weighted by atomic mass is 32.1. The van der Waals surface area contributed by atoms with Gasteiger partial charge in [-0.2, -0.15) is 0 Å². The summed E-state index contributed by atoms with van der Waals surface area (Å²) in [5.41, 5.74) is 3.15. The molecular weight excluding hydrogens is 370 g/mol. The van der Waals surface area contributed by atoms with Gasteiger partial charge < -0.3 is 16.0 Å². The molecule has 0 spiro atoms. The number of hydrogen-bond donors (Lipinski definition) is 3. The molecule has 0 aliphatic heterocycles. The quantitative estimate of drug-likeness (QED) is 0.424. The molecule has 0 fully saturated rings. The Balaban J connectivity index is 1.38. The van der Waals surface area contributed by atoms with Gasteiger partial charge in [0.15, 0.2) is 5.11 Å². The molecule has 0 aliphatic rings. The number of thiocarbonyl (C=S) groups is 1. The van der Waals surface area contributed by atoms with Gasteiger partial charge in [-0.3, -0.25) is 4.79 Å². The number of aryl methyl sites for hydroxylation is 1. The van der Waals surface area contributed by atoms with Gasteiger partial charge in [0.25, 0.3) is 0 Å². The van der Waals surface area contributed by atoms with E-state index in [-0.39, 0.29) is 12.5 Å². The molecular formula is C21H24N5OS+. The number of benzene rings is 2. The predicted octanol–water partition coefficient (Wildman–Crippen LogP) is 1.96. The van der Waals surface area contributed by atoms with Crippen molar-refractivity contribution >= 4 is 28.9 Å². The Labute approximate surface area is 170 Å². The summed E-state index contributed by atoms with van der Waals surface area (Å²) >= 11 is 5.20. The van der Waals surface area contributed by atoms with Crippen molar-refractivity contribution in [3.8, 4) is 0 Å². The number of amides is 1. The van der Waals surface area contributed by atoms with E-state index in [9.17, 15) is 4.79 Å². The topological polar surface area (TPSA) is 62.0 Å². The molecule has 0 aliphatic carbocycles. The lowest BCUT2D eigenvalue weighted by Gasteiger charge is -2.11. The van der Waals surface area contributed by atoms with Crippen LogP contribution in [-0.4, -0.2) is 22.1 Å². The number of anilines is 1. The first-order valence-corrected chi connectivity index (χ1v) is 9.45. The lowest BCUT2D eigenvalue weighted by Crippen LogP contribution is -2.38. The Bertz CT molecular complexity index is 921. The molecule has 3 aromatic rings. The van der Waals surface area contributed by atoms with Crippen LogP contribution in [-0.2, 0) is 24.9 Å². The molecule has 144 valence electrons. The highest BCUT2D eigenvalue weighted by Gasteiger charge is 2.05. The van der Waals surface area contributed by atoms with E-state index in [1.54, 1.807) is 0 Å². The van der Waals surface area contributed by atoms with Gasteiger partial charge in [-0.1, -0.05) is 42.5 Å². The van der Waals surface area contributed by atoms with E-state index >= 15 is 0 Å². The maximum absolute atomic E-state index is 12.0. The van der Waals surface area contributed by atoms with Gasteiger partial charge in [-0.15, -0.1) is 0 Å². The maximum Gasteiger partial charge on any atom is 0.243 e. The monoisotopic (exact) mass is 394 g/mol. The van der Waals surface area contributed by atoms with Crippen molar-refractivity contribution in [2.24, 2.45) is 7.05 Å². The first kappa shape index (κ1) is 19.6. The molecule has 1 aromatic heterocycles. The van der Waals surface area contributed by atoms with Crippen LogP contribution in [0.3, 0.4) is 0 Å². The van der Waals surface area contributed by atoms with Gasteiger partial charge in [0, 0.05) is 12.2 Å². The molecule has 0 saturated carbocycles. The number of nitrogens with one attached hydrogen (secondary N) is 3. The zero-order valence-electron chi connectivity index (χ0n) is 15.8. The fourth-order valence-corrected chi connectivity index (χ4v) is 2.88. The molecule has 0 unspecified atom stereocenters. The van der Waals surface area contributed by atoms with Crippen molar-refractivity contribution in [3.05, 3.63) is 84.4 Å². The SMILES string of the molecule is C[n+]1ccn(Cc2ccc(CNC(=O)CNC(=S)Nc3ccccc3)cc2)c1. The highest BCUT2D eigenvalue weighted by Crippen LogP contribution is 2.06. The van der Waals surface area contributed by atoms with Gasteiger partial charge in [0.2, 0.25) is 12.2 Å². The van der Waals surface area contributed by atoms with Crippen molar-refractivity contribution in [2.45, 2.75) is 13.1 Å². The molecule has 2 aromatic carbocycles. The van der Waals surface area contributed by atoms with Gasteiger partial charge in [-0.25, -0.2) is 9.13 Å². The Morgan fingerprint density at radius 2 is 1.75 bits per heavy atom. The van der Waals surface area contributed by atoms with Crippen LogP contribution in [0.25, 0.3) is 0 Å². The summed E-state index contributed by atoms with van der Waals surface area (Å²) in [6.07, 6.45) is 6.09. The third-order valence-corrected chi connectivity index (χ3v) is 4.39. The molecule has 0 atom stereocenters. The van der Waals surface area contributed by atoms with Crippen molar-refractivity contribution in [1.82, 2.24) is 15.2 Å². The van der Waals surface area contributed by atoms with E-state index in [1.165, 1.54) is 5.56 Å². The van der Waals surface area contributed by atoms with Crippen LogP contribution >= 0.6 is 12.2 Å². The van der Waals surface area contributed by atoms with E-state index in [4.69, 9.17) is 12.2 Å². The fourth-order valence-electron chi connectivity index (χ4n) is 2.69. The van der Waals surface area contributed by atoms with Crippen molar-refractivity contribution in [1.29, 1.82) is 0 Å². The Kier molecular flexibility index (Phi) is 6.75. The summed E-state index contributed by atoms with van der Waals surface area (Å²) in [6.45, 7) is 1.43. The second kappa shape index (κ2) is 9.66. The largest absolute Gasteiger partial charge is 0.353 e. The molecule has 0 bridgehead atoms. The number of hydrogen-bond acceptors (Lipinski definition) is 2. The number of nitrogens with zero attached hydrogens (tertiary/aromatic N) is 2. The molecule has 0 radical (unpaired) electrons. The van der Waals surface area contributed by atoms with E-state index in [0.717, 1.165) is 17.8 Å². The van der Waals surface area contributed by atoms with Gasteiger partial charge in [-0.05, 0) is 35.5 Å². The molecule has 1 amide bonds. The van der Waals surface area contributed by atoms with Crippen molar-refractivity contribution < 1.29 is 9.36 Å². The minimum Gasteiger partial charge on any atom is -0.353 e. The van der Waals surface area contributed by atoms with E-state index in [2.05, 4.69) is 32.7 Å². The predicted molar refractivity (Wildman–Crippen MR) is 114 cm³/mol. The molecule has 3 N–H and O–H groups in total. The minimum absolute atomic E-state index is 0.110. The molecule has 3 rings (SSSR count). The van der Waals surface area contributed by atoms with Gasteiger partial charge in [0.05, 0.1) is 13.6 Å². The number of carbonyl (C=O) groups excluding carboxylic acids is 1. The second-order valence-corrected chi connectivity index (χ2v) is 6.93. The van der Waals surface area contributed by atoms with E-state index in [0.29, 0.717) is 11.7 Å². The average molecular weight is 395 g/mol. The van der Waals surface area contributed by atoms with Crippen molar-refractivity contribution in [3.63, 3.8) is 0 Å². The Morgan fingerprint density at radius 1 is 1.04 bits per heavy atom. The van der Waals surface area contributed by atoms with Crippen LogP contribution in [0.5, 0.6) is 0 Å². The summed E-state index contributed by atoms with van der Waals surface area (Å²) in [6, 6.07) is 17.8. The first-order chi connectivity index (χ1) is 13.6. The average Bonchev–Trinajstić information content (AvgIpc) is 3.11. The Hall–Kier alpha value is -3.19. The second-order valence-electron chi connectivity index (χ2n) is 6.52. The maximum atomic E-state index is 12.0. The zero-order chi connectivity index (χ0) is 19.8. The third-order valence-electron chi connectivity index (χ3n) is 4.14. The molecule has 6 nitrogen and oxygen atoms in total. The van der Waals surface area contributed by atoms with Gasteiger partial charge in [0.1, 0.15) is 18.9 Å². The highest BCUT2D eigenvalue weighted by molar-refractivity contribution is 7.80. The minimum atomic E-state index is -0.110. The number of imidazole rings is 1. The number of rotatable bonds is 7. The summed E-state index contributed by atoms with van der Waals surface area (Å²) in [7, 11) is 2.00. The molecule has 7 heteroatoms. The summed E-state index contributed by atoms with van der Waals surface area (Å²) in [5.74, 6) is -0.110. The first-order valence-electron chi connectivity index (χ1n) is 9.04. The fraction of sp³-hybridized carbons (Fsp3) is 0.190. The van der Waals surface area contributed by atoms with Crippen LogP contribution in [0, 0.1) is 0 Å². The molecule has 0 saturated heterocycles. The summed E-state index contributed by atoms with van der Waals surface area (Å²) in [5, 5.41) is 9.26. The third kappa shape index (κ3) is 6.21. The van der Waals surface area contributed by atoms with E-state index < -0.39 is 0 Å². The van der Waals surface area contributed by atoms with Crippen LogP contribution in [0.15, 0.2) is 73.3 Å². The lowest BCUT2D eigenvalue weighted by atomic mass is 10.1. The summed E-state index contributed by atoms with van der Waals surface area (Å²) < 4.78 is 4.13. The van der Waals surface area contributed by atoms with Crippen LogP contribution in [0.2, 0.25) is 0 Å². The lowest BCUT2D eigenvalue weighted by molar-refractivity contribution is -0.671. The van der Waals surface area contributed by atoms with Crippen molar-refractivity contribution in [2.75, 3.05) is 11.9 Å².